The SMILES string of the molecule is COc1cc2nccc(Oc3cccc(Nc4ccc(N5CCC(NSC6CC6)CC5)c(C(F)(F)F)c4)c3)c2cc1OC. The molecule has 0 atom stereocenters. The quantitative estimate of drug-likeness (QED) is 0.174. The van der Waals surface area contributed by atoms with Crippen LogP contribution in [0.15, 0.2) is 66.9 Å². The molecule has 7 nitrogen and oxygen atoms in total. The summed E-state index contributed by atoms with van der Waals surface area (Å²) in [6.07, 6.45) is 1.28. The minimum Gasteiger partial charge on any atom is -0.493 e. The van der Waals surface area contributed by atoms with Crippen molar-refractivity contribution in [1.29, 1.82) is 0 Å². The number of pyridine rings is 1. The maximum atomic E-state index is 14.2. The van der Waals surface area contributed by atoms with Crippen LogP contribution in [0.1, 0.15) is 31.2 Å². The maximum Gasteiger partial charge on any atom is 0.418 e. The predicted octanol–water partition coefficient (Wildman–Crippen LogP) is 8.18. The minimum atomic E-state index is -4.49. The van der Waals surface area contributed by atoms with Crippen LogP contribution < -0.4 is 29.1 Å². The van der Waals surface area contributed by atoms with Crippen molar-refractivity contribution >= 4 is 39.9 Å². The summed E-state index contributed by atoms with van der Waals surface area (Å²) >= 11 is 1.78. The van der Waals surface area contributed by atoms with Gasteiger partial charge in [-0.25, -0.2) is 0 Å². The van der Waals surface area contributed by atoms with Crippen molar-refractivity contribution in [3.63, 3.8) is 0 Å². The lowest BCUT2D eigenvalue weighted by Gasteiger charge is -2.35. The Morgan fingerprint density at radius 2 is 1.60 bits per heavy atom. The summed E-state index contributed by atoms with van der Waals surface area (Å²) in [6, 6.07) is 17.2. The van der Waals surface area contributed by atoms with E-state index in [0.29, 0.717) is 64.3 Å². The summed E-state index contributed by atoms with van der Waals surface area (Å²) in [5.74, 6) is 2.16. The molecule has 0 bridgehead atoms. The molecule has 3 aromatic carbocycles. The van der Waals surface area contributed by atoms with Gasteiger partial charge in [-0.2, -0.15) is 13.2 Å². The molecule has 0 amide bonds. The van der Waals surface area contributed by atoms with E-state index >= 15 is 0 Å². The number of hydrogen-bond donors (Lipinski definition) is 2. The molecule has 1 aliphatic heterocycles. The zero-order valence-electron chi connectivity index (χ0n) is 23.9. The molecule has 2 aliphatic rings. The number of benzene rings is 3. The lowest BCUT2D eigenvalue weighted by Crippen LogP contribution is -2.41. The fraction of sp³-hybridized carbons (Fsp3) is 0.344. The van der Waals surface area contributed by atoms with Crippen LogP contribution in [-0.2, 0) is 6.18 Å². The highest BCUT2D eigenvalue weighted by molar-refractivity contribution is 7.98. The van der Waals surface area contributed by atoms with E-state index < -0.39 is 11.7 Å². The number of nitrogens with zero attached hydrogens (tertiary/aromatic N) is 2. The predicted molar refractivity (Wildman–Crippen MR) is 165 cm³/mol. The Morgan fingerprint density at radius 3 is 2.33 bits per heavy atom. The first-order chi connectivity index (χ1) is 20.8. The standard InChI is InChI=1S/C32H33F3N4O3S/c1-40-30-18-25-27(19-31(30)41-2)36-13-10-29(25)42-23-5-3-4-21(16-23)37-22-6-9-28(26(17-22)32(33,34)35)39-14-11-20(12-15-39)38-43-24-7-8-24/h3-6,9-10,13,16-20,24,37-38H,7-8,11-12,14-15H2,1-2H3. The number of anilines is 3. The fourth-order valence-electron chi connectivity index (χ4n) is 5.20. The number of halogens is 3. The summed E-state index contributed by atoms with van der Waals surface area (Å²) < 4.78 is 63.2. The Kier molecular flexibility index (Phi) is 8.45. The first-order valence-corrected chi connectivity index (χ1v) is 15.1. The van der Waals surface area contributed by atoms with Crippen LogP contribution in [-0.4, -0.2) is 43.6 Å². The number of ether oxygens (including phenoxy) is 3. The number of nitrogens with one attached hydrogen (secondary N) is 2. The molecule has 0 spiro atoms. The molecule has 0 unspecified atom stereocenters. The molecule has 4 aromatic rings. The molecule has 2 N–H and O–H groups in total. The summed E-state index contributed by atoms with van der Waals surface area (Å²) in [4.78, 5) is 6.25. The number of aromatic nitrogens is 1. The van der Waals surface area contributed by atoms with Crippen LogP contribution in [0.2, 0.25) is 0 Å². The van der Waals surface area contributed by atoms with Crippen molar-refractivity contribution in [1.82, 2.24) is 9.71 Å². The number of fused-ring (bicyclic) bond motifs is 1. The Balaban J connectivity index is 1.18. The molecule has 226 valence electrons. The van der Waals surface area contributed by atoms with Crippen molar-refractivity contribution in [2.24, 2.45) is 0 Å². The average Bonchev–Trinajstić information content (AvgIpc) is 3.84. The third-order valence-electron chi connectivity index (χ3n) is 7.62. The van der Waals surface area contributed by atoms with E-state index in [2.05, 4.69) is 15.0 Å². The first kappa shape index (κ1) is 29.3. The second kappa shape index (κ2) is 12.4. The smallest absolute Gasteiger partial charge is 0.418 e. The van der Waals surface area contributed by atoms with Crippen LogP contribution >= 0.6 is 11.9 Å². The summed E-state index contributed by atoms with van der Waals surface area (Å²) in [5.41, 5.74) is 1.19. The van der Waals surface area contributed by atoms with E-state index in [1.165, 1.54) is 18.9 Å². The normalized spacial score (nSPS) is 15.9. The maximum absolute atomic E-state index is 14.2. The minimum absolute atomic E-state index is 0.222. The Morgan fingerprint density at radius 1 is 0.860 bits per heavy atom. The van der Waals surface area contributed by atoms with Crippen molar-refractivity contribution < 1.29 is 27.4 Å². The van der Waals surface area contributed by atoms with Crippen LogP contribution in [0.25, 0.3) is 10.9 Å². The highest BCUT2D eigenvalue weighted by atomic mass is 32.2. The van der Waals surface area contributed by atoms with E-state index in [-0.39, 0.29) is 5.69 Å². The van der Waals surface area contributed by atoms with Crippen LogP contribution in [0, 0.1) is 0 Å². The lowest BCUT2D eigenvalue weighted by molar-refractivity contribution is -0.137. The van der Waals surface area contributed by atoms with E-state index in [1.54, 1.807) is 87.0 Å². The van der Waals surface area contributed by atoms with Gasteiger partial charge in [0.25, 0.3) is 0 Å². The van der Waals surface area contributed by atoms with E-state index in [1.807, 2.05) is 4.90 Å². The largest absolute Gasteiger partial charge is 0.493 e. The third kappa shape index (κ3) is 6.88. The molecule has 1 saturated heterocycles. The molecule has 1 aliphatic carbocycles. The Labute approximate surface area is 252 Å². The van der Waals surface area contributed by atoms with Gasteiger partial charge in [-0.15, -0.1) is 0 Å². The van der Waals surface area contributed by atoms with Crippen molar-refractivity contribution in [3.8, 4) is 23.0 Å². The molecule has 2 fully saturated rings. The first-order valence-electron chi connectivity index (χ1n) is 14.2. The van der Waals surface area contributed by atoms with Gasteiger partial charge in [0.05, 0.1) is 25.3 Å². The monoisotopic (exact) mass is 610 g/mol. The summed E-state index contributed by atoms with van der Waals surface area (Å²) in [7, 11) is 3.12. The number of methoxy groups -OCH3 is 2. The van der Waals surface area contributed by atoms with Crippen LogP contribution in [0.3, 0.4) is 0 Å². The summed E-state index contributed by atoms with van der Waals surface area (Å²) in [6.45, 7) is 1.17. The second-order valence-corrected chi connectivity index (χ2v) is 11.9. The molecular weight excluding hydrogens is 577 g/mol. The third-order valence-corrected chi connectivity index (χ3v) is 8.89. The molecule has 1 aromatic heterocycles. The molecule has 2 heterocycles. The summed E-state index contributed by atoms with van der Waals surface area (Å²) in [5, 5.41) is 4.55. The Hall–Kier alpha value is -3.83. The van der Waals surface area contributed by atoms with Gasteiger partial charge in [-0.1, -0.05) is 18.0 Å². The molecular formula is C32H33F3N4O3S. The van der Waals surface area contributed by atoms with Crippen LogP contribution in [0.5, 0.6) is 23.0 Å². The molecule has 0 radical (unpaired) electrons. The Bertz CT molecular complexity index is 1590. The van der Waals surface area contributed by atoms with Gasteiger partial charge in [0.2, 0.25) is 0 Å². The van der Waals surface area contributed by atoms with Crippen molar-refractivity contribution in [3.05, 3.63) is 72.4 Å². The van der Waals surface area contributed by atoms with E-state index in [9.17, 15) is 13.2 Å². The lowest BCUT2D eigenvalue weighted by atomic mass is 10.0. The number of rotatable bonds is 10. The zero-order valence-corrected chi connectivity index (χ0v) is 24.7. The molecule has 43 heavy (non-hydrogen) atoms. The second-order valence-electron chi connectivity index (χ2n) is 10.7. The van der Waals surface area contributed by atoms with Crippen LogP contribution in [0.4, 0.5) is 30.2 Å². The van der Waals surface area contributed by atoms with Gasteiger partial charge in [-0.3, -0.25) is 9.71 Å². The van der Waals surface area contributed by atoms with Gasteiger partial charge in [0, 0.05) is 65.2 Å². The fourth-order valence-corrected chi connectivity index (χ4v) is 6.19. The number of alkyl halides is 3. The molecule has 1 saturated carbocycles. The van der Waals surface area contributed by atoms with E-state index in [4.69, 9.17) is 14.2 Å². The van der Waals surface area contributed by atoms with E-state index in [0.717, 1.165) is 18.2 Å². The van der Waals surface area contributed by atoms with Gasteiger partial charge in [0.1, 0.15) is 11.5 Å². The van der Waals surface area contributed by atoms with Gasteiger partial charge in [-0.05, 0) is 68.1 Å². The highest BCUT2D eigenvalue weighted by Gasteiger charge is 2.36. The van der Waals surface area contributed by atoms with Crippen molar-refractivity contribution in [2.45, 2.75) is 43.2 Å². The average molecular weight is 611 g/mol. The van der Waals surface area contributed by atoms with Gasteiger partial charge in [0.15, 0.2) is 11.5 Å². The molecule has 11 heteroatoms. The van der Waals surface area contributed by atoms with Gasteiger partial charge >= 0.3 is 6.18 Å². The topological polar surface area (TPSA) is 67.9 Å². The highest BCUT2D eigenvalue weighted by Crippen LogP contribution is 2.41. The zero-order chi connectivity index (χ0) is 30.0. The molecule has 6 rings (SSSR count). The van der Waals surface area contributed by atoms with Crippen molar-refractivity contribution in [2.75, 3.05) is 37.5 Å². The number of hydrogen-bond acceptors (Lipinski definition) is 8. The number of piperidine rings is 1. The van der Waals surface area contributed by atoms with Gasteiger partial charge < -0.3 is 24.4 Å².